The maximum absolute atomic E-state index is 14.0. The molecule has 0 aliphatic carbocycles. The highest BCUT2D eigenvalue weighted by atomic mass is 35.5. The molecule has 2 rings (SSSR count). The molecule has 0 unspecified atom stereocenters. The van der Waals surface area contributed by atoms with Gasteiger partial charge in [0.1, 0.15) is 11.9 Å². The number of benzene rings is 2. The first-order valence-electron chi connectivity index (χ1n) is 5.26. The maximum atomic E-state index is 14.0. The monoisotopic (exact) mass is 275 g/mol. The third-order valence-electron chi connectivity index (χ3n) is 2.63. The molecule has 0 radical (unpaired) electrons. The summed E-state index contributed by atoms with van der Waals surface area (Å²) in [5.41, 5.74) is 0.501. The van der Waals surface area contributed by atoms with Gasteiger partial charge in [-0.3, -0.25) is 0 Å². The highest BCUT2D eigenvalue weighted by molar-refractivity contribution is 6.33. The molecule has 2 aromatic rings. The number of carboxylic acid groups (broad SMARTS) is 1. The molecule has 0 heterocycles. The van der Waals surface area contributed by atoms with Crippen LogP contribution in [0.1, 0.15) is 15.9 Å². The predicted octanol–water partition coefficient (Wildman–Crippen LogP) is 3.72. The molecule has 0 atom stereocenters. The van der Waals surface area contributed by atoms with Crippen molar-refractivity contribution in [1.82, 2.24) is 0 Å². The molecule has 3 nitrogen and oxygen atoms in total. The Bertz CT molecular complexity index is 707. The van der Waals surface area contributed by atoms with Crippen molar-refractivity contribution in [2.45, 2.75) is 0 Å². The van der Waals surface area contributed by atoms with Crippen LogP contribution in [0.3, 0.4) is 0 Å². The Balaban J connectivity index is 2.58. The van der Waals surface area contributed by atoms with E-state index in [4.69, 9.17) is 22.0 Å². The molecule has 19 heavy (non-hydrogen) atoms. The van der Waals surface area contributed by atoms with Crippen molar-refractivity contribution in [2.24, 2.45) is 0 Å². The van der Waals surface area contributed by atoms with Crippen LogP contribution >= 0.6 is 11.6 Å². The van der Waals surface area contributed by atoms with Crippen molar-refractivity contribution in [3.63, 3.8) is 0 Å². The average molecular weight is 276 g/mol. The predicted molar refractivity (Wildman–Crippen MR) is 68.5 cm³/mol. The molecule has 0 saturated heterocycles. The van der Waals surface area contributed by atoms with Gasteiger partial charge in [-0.15, -0.1) is 0 Å². The largest absolute Gasteiger partial charge is 0.478 e. The zero-order valence-corrected chi connectivity index (χ0v) is 10.3. The summed E-state index contributed by atoms with van der Waals surface area (Å²) in [4.78, 5) is 10.8. The van der Waals surface area contributed by atoms with E-state index in [0.29, 0.717) is 5.56 Å². The van der Waals surface area contributed by atoms with E-state index >= 15 is 0 Å². The summed E-state index contributed by atoms with van der Waals surface area (Å²) >= 11 is 5.83. The van der Waals surface area contributed by atoms with E-state index in [0.717, 1.165) is 0 Å². The normalized spacial score (nSPS) is 9.95. The fourth-order valence-corrected chi connectivity index (χ4v) is 1.96. The molecule has 1 N–H and O–H groups in total. The molecular formula is C14H7ClFNO2. The molecule has 0 amide bonds. The summed E-state index contributed by atoms with van der Waals surface area (Å²) in [6, 6.07) is 10.3. The van der Waals surface area contributed by atoms with E-state index in [9.17, 15) is 9.18 Å². The lowest BCUT2D eigenvalue weighted by Crippen LogP contribution is -1.97. The second kappa shape index (κ2) is 5.09. The highest BCUT2D eigenvalue weighted by Crippen LogP contribution is 2.28. The fourth-order valence-electron chi connectivity index (χ4n) is 1.70. The Morgan fingerprint density at radius 1 is 1.32 bits per heavy atom. The third kappa shape index (κ3) is 2.42. The number of nitrogens with zero attached hydrogens (tertiary/aromatic N) is 1. The number of rotatable bonds is 2. The van der Waals surface area contributed by atoms with Crippen LogP contribution in [0, 0.1) is 17.1 Å². The second-order valence-electron chi connectivity index (χ2n) is 3.78. The fraction of sp³-hybridized carbons (Fsp3) is 0. The molecular weight excluding hydrogens is 269 g/mol. The summed E-state index contributed by atoms with van der Waals surface area (Å²) in [7, 11) is 0. The van der Waals surface area contributed by atoms with Crippen LogP contribution in [0.4, 0.5) is 4.39 Å². The molecule has 0 aromatic heterocycles. The van der Waals surface area contributed by atoms with Gasteiger partial charge >= 0.3 is 5.97 Å². The standard InChI is InChI=1S/C14H7ClFNO2/c15-12-6-8(4-5-11(12)14(18)19)10-3-1-2-9(7-17)13(10)16/h1-6H,(H,18,19). The van der Waals surface area contributed by atoms with Crippen LogP contribution < -0.4 is 0 Å². The van der Waals surface area contributed by atoms with Gasteiger partial charge in [0.15, 0.2) is 0 Å². The van der Waals surface area contributed by atoms with Gasteiger partial charge in [0.2, 0.25) is 0 Å². The summed E-state index contributed by atoms with van der Waals surface area (Å²) in [5.74, 6) is -1.80. The van der Waals surface area contributed by atoms with E-state index in [1.165, 1.54) is 30.3 Å². The Hall–Kier alpha value is -2.38. The van der Waals surface area contributed by atoms with Crippen molar-refractivity contribution in [3.8, 4) is 17.2 Å². The van der Waals surface area contributed by atoms with Crippen LogP contribution in [0.15, 0.2) is 36.4 Å². The number of aromatic carboxylic acids is 1. The van der Waals surface area contributed by atoms with Crippen molar-refractivity contribution in [2.75, 3.05) is 0 Å². The van der Waals surface area contributed by atoms with Crippen molar-refractivity contribution < 1.29 is 14.3 Å². The molecule has 0 spiro atoms. The summed E-state index contributed by atoms with van der Waals surface area (Å²) in [6.45, 7) is 0. The number of halogens is 2. The van der Waals surface area contributed by atoms with Crippen molar-refractivity contribution >= 4 is 17.6 Å². The molecule has 0 fully saturated rings. The van der Waals surface area contributed by atoms with Gasteiger partial charge in [0.05, 0.1) is 16.1 Å². The molecule has 2 aromatic carbocycles. The smallest absolute Gasteiger partial charge is 0.337 e. The Morgan fingerprint density at radius 3 is 2.63 bits per heavy atom. The Labute approximate surface area is 113 Å². The van der Waals surface area contributed by atoms with Crippen LogP contribution in [0.5, 0.6) is 0 Å². The zero-order chi connectivity index (χ0) is 14.0. The molecule has 0 aliphatic heterocycles. The van der Waals surface area contributed by atoms with Crippen molar-refractivity contribution in [1.29, 1.82) is 5.26 Å². The van der Waals surface area contributed by atoms with E-state index in [1.807, 2.05) is 0 Å². The van der Waals surface area contributed by atoms with Gasteiger partial charge in [0, 0.05) is 5.56 Å². The number of carboxylic acids is 1. The summed E-state index contributed by atoms with van der Waals surface area (Å²) in [6.07, 6.45) is 0. The third-order valence-corrected chi connectivity index (χ3v) is 2.94. The van der Waals surface area contributed by atoms with Gasteiger partial charge in [-0.1, -0.05) is 29.8 Å². The molecule has 94 valence electrons. The van der Waals surface area contributed by atoms with Gasteiger partial charge in [-0.2, -0.15) is 5.26 Å². The van der Waals surface area contributed by atoms with Gasteiger partial charge in [0.25, 0.3) is 0 Å². The van der Waals surface area contributed by atoms with Gasteiger partial charge in [-0.25, -0.2) is 9.18 Å². The Kier molecular flexibility index (Phi) is 3.50. The first-order valence-corrected chi connectivity index (χ1v) is 5.64. The number of carbonyl (C=O) groups is 1. The highest BCUT2D eigenvalue weighted by Gasteiger charge is 2.13. The van der Waals surface area contributed by atoms with Crippen LogP contribution in [0.25, 0.3) is 11.1 Å². The van der Waals surface area contributed by atoms with Crippen LogP contribution in [0.2, 0.25) is 5.02 Å². The molecule has 0 saturated carbocycles. The number of hydrogen-bond acceptors (Lipinski definition) is 2. The first-order chi connectivity index (χ1) is 9.04. The summed E-state index contributed by atoms with van der Waals surface area (Å²) < 4.78 is 14.0. The van der Waals surface area contributed by atoms with Gasteiger partial charge in [-0.05, 0) is 23.8 Å². The van der Waals surface area contributed by atoms with E-state index < -0.39 is 11.8 Å². The minimum absolute atomic E-state index is 0.0201. The quantitative estimate of drug-likeness (QED) is 0.909. The lowest BCUT2D eigenvalue weighted by molar-refractivity contribution is 0.0697. The minimum Gasteiger partial charge on any atom is -0.478 e. The molecule has 5 heteroatoms. The van der Waals surface area contributed by atoms with Gasteiger partial charge < -0.3 is 5.11 Å². The zero-order valence-electron chi connectivity index (χ0n) is 9.52. The van der Waals surface area contributed by atoms with E-state index in [2.05, 4.69) is 0 Å². The number of nitriles is 1. The molecule has 0 bridgehead atoms. The Morgan fingerprint density at radius 2 is 2.05 bits per heavy atom. The van der Waals surface area contributed by atoms with Crippen molar-refractivity contribution in [3.05, 3.63) is 58.4 Å². The lowest BCUT2D eigenvalue weighted by Gasteiger charge is -2.06. The average Bonchev–Trinajstić information content (AvgIpc) is 2.38. The molecule has 0 aliphatic rings. The lowest BCUT2D eigenvalue weighted by atomic mass is 10.0. The summed E-state index contributed by atoms with van der Waals surface area (Å²) in [5, 5.41) is 17.6. The van der Waals surface area contributed by atoms with Crippen LogP contribution in [-0.2, 0) is 0 Å². The van der Waals surface area contributed by atoms with Crippen LogP contribution in [-0.4, -0.2) is 11.1 Å². The van der Waals surface area contributed by atoms with E-state index in [-0.39, 0.29) is 21.7 Å². The first kappa shape index (κ1) is 13.1. The SMILES string of the molecule is N#Cc1cccc(-c2ccc(C(=O)O)c(Cl)c2)c1F. The maximum Gasteiger partial charge on any atom is 0.337 e. The number of hydrogen-bond donors (Lipinski definition) is 1. The topological polar surface area (TPSA) is 61.1 Å². The van der Waals surface area contributed by atoms with E-state index in [1.54, 1.807) is 12.1 Å². The minimum atomic E-state index is -1.15. The second-order valence-corrected chi connectivity index (χ2v) is 4.19.